The second-order valence-corrected chi connectivity index (χ2v) is 6.89. The van der Waals surface area contributed by atoms with Crippen molar-refractivity contribution in [3.63, 3.8) is 0 Å². The summed E-state index contributed by atoms with van der Waals surface area (Å²) in [6.45, 7) is 6.06. The largest absolute Gasteiger partial charge is 0.325 e. The monoisotopic (exact) mass is 352 g/mol. The number of thioether (sulfide) groups is 1. The molecule has 0 spiro atoms. The van der Waals surface area contributed by atoms with Crippen molar-refractivity contribution in [1.29, 1.82) is 0 Å². The molecule has 2 aromatic carbocycles. The van der Waals surface area contributed by atoms with Crippen LogP contribution in [0.25, 0.3) is 11.4 Å². The van der Waals surface area contributed by atoms with E-state index in [2.05, 4.69) is 39.6 Å². The minimum absolute atomic E-state index is 0.0638. The van der Waals surface area contributed by atoms with Gasteiger partial charge in [0.05, 0.1) is 5.75 Å². The van der Waals surface area contributed by atoms with Crippen molar-refractivity contribution < 1.29 is 4.79 Å². The van der Waals surface area contributed by atoms with Gasteiger partial charge in [-0.15, -0.1) is 5.10 Å². The van der Waals surface area contributed by atoms with Crippen LogP contribution in [0.15, 0.2) is 47.6 Å². The first-order valence-electron chi connectivity index (χ1n) is 8.01. The number of aromatic nitrogens is 3. The van der Waals surface area contributed by atoms with Gasteiger partial charge >= 0.3 is 0 Å². The van der Waals surface area contributed by atoms with Crippen LogP contribution in [-0.2, 0) is 4.79 Å². The van der Waals surface area contributed by atoms with Crippen molar-refractivity contribution in [1.82, 2.24) is 15.2 Å². The molecule has 0 unspecified atom stereocenters. The zero-order chi connectivity index (χ0) is 17.8. The molecule has 0 aliphatic heterocycles. The average molecular weight is 352 g/mol. The first-order valence-corrected chi connectivity index (χ1v) is 9.00. The number of hydrogen-bond acceptors (Lipinski definition) is 4. The van der Waals surface area contributed by atoms with E-state index in [1.807, 2.05) is 44.2 Å². The van der Waals surface area contributed by atoms with Crippen LogP contribution in [0.1, 0.15) is 16.7 Å². The fourth-order valence-electron chi connectivity index (χ4n) is 2.72. The van der Waals surface area contributed by atoms with E-state index in [4.69, 9.17) is 0 Å². The van der Waals surface area contributed by atoms with E-state index in [1.165, 1.54) is 17.3 Å². The molecule has 1 amide bonds. The quantitative estimate of drug-likeness (QED) is 0.678. The number of anilines is 1. The Hall–Kier alpha value is -2.60. The second-order valence-electron chi connectivity index (χ2n) is 5.94. The third kappa shape index (κ3) is 4.28. The van der Waals surface area contributed by atoms with Gasteiger partial charge in [-0.3, -0.25) is 9.89 Å². The number of hydrogen-bond donors (Lipinski definition) is 2. The predicted octanol–water partition coefficient (Wildman–Crippen LogP) is 4.13. The van der Waals surface area contributed by atoms with Gasteiger partial charge in [0.15, 0.2) is 5.82 Å². The zero-order valence-electron chi connectivity index (χ0n) is 14.5. The van der Waals surface area contributed by atoms with Crippen LogP contribution in [-0.4, -0.2) is 26.8 Å². The van der Waals surface area contributed by atoms with Crippen LogP contribution in [0.4, 0.5) is 5.69 Å². The molecule has 128 valence electrons. The molecule has 5 nitrogen and oxygen atoms in total. The summed E-state index contributed by atoms with van der Waals surface area (Å²) in [5.41, 5.74) is 5.19. The third-order valence-electron chi connectivity index (χ3n) is 3.79. The van der Waals surface area contributed by atoms with Crippen LogP contribution in [0.2, 0.25) is 0 Å². The standard InChI is InChI=1S/C19H20N4OS/c1-12-9-13(2)17(14(3)10-12)20-16(24)11-25-19-21-18(22-23-19)15-7-5-4-6-8-15/h4-10H,11H2,1-3H3,(H,20,24)(H,21,22,23). The second kappa shape index (κ2) is 7.53. The van der Waals surface area contributed by atoms with Gasteiger partial charge in [-0.2, -0.15) is 0 Å². The number of benzene rings is 2. The molecule has 1 heterocycles. The molecule has 0 radical (unpaired) electrons. The molecular formula is C19H20N4OS. The molecule has 3 rings (SSSR count). The Morgan fingerprint density at radius 2 is 1.80 bits per heavy atom. The third-order valence-corrected chi connectivity index (χ3v) is 4.63. The number of nitrogens with zero attached hydrogens (tertiary/aromatic N) is 2. The van der Waals surface area contributed by atoms with Crippen molar-refractivity contribution in [3.8, 4) is 11.4 Å². The number of nitrogens with one attached hydrogen (secondary N) is 2. The molecule has 0 aliphatic rings. The highest BCUT2D eigenvalue weighted by Gasteiger charge is 2.11. The van der Waals surface area contributed by atoms with Gasteiger partial charge in [0.1, 0.15) is 0 Å². The maximum atomic E-state index is 12.3. The van der Waals surface area contributed by atoms with Crippen LogP contribution in [0, 0.1) is 20.8 Å². The van der Waals surface area contributed by atoms with Crippen LogP contribution in [0.5, 0.6) is 0 Å². The zero-order valence-corrected chi connectivity index (χ0v) is 15.3. The lowest BCUT2D eigenvalue weighted by molar-refractivity contribution is -0.113. The van der Waals surface area contributed by atoms with E-state index in [0.29, 0.717) is 11.0 Å². The van der Waals surface area contributed by atoms with Crippen molar-refractivity contribution in [2.75, 3.05) is 11.1 Å². The molecule has 2 N–H and O–H groups in total. The molecule has 0 saturated heterocycles. The maximum absolute atomic E-state index is 12.3. The van der Waals surface area contributed by atoms with Gasteiger partial charge in [0.25, 0.3) is 0 Å². The molecule has 0 saturated carbocycles. The summed E-state index contributed by atoms with van der Waals surface area (Å²) in [7, 11) is 0. The predicted molar refractivity (Wildman–Crippen MR) is 102 cm³/mol. The Bertz CT molecular complexity index is 866. The van der Waals surface area contributed by atoms with Crippen LogP contribution in [0.3, 0.4) is 0 Å². The molecule has 6 heteroatoms. The van der Waals surface area contributed by atoms with Gasteiger partial charge in [0.2, 0.25) is 11.1 Å². The Balaban J connectivity index is 1.61. The highest BCUT2D eigenvalue weighted by molar-refractivity contribution is 7.99. The minimum atomic E-state index is -0.0638. The fraction of sp³-hybridized carbons (Fsp3) is 0.211. The topological polar surface area (TPSA) is 70.7 Å². The summed E-state index contributed by atoms with van der Waals surface area (Å²) in [6.07, 6.45) is 0. The lowest BCUT2D eigenvalue weighted by atomic mass is 10.1. The van der Waals surface area contributed by atoms with Crippen molar-refractivity contribution in [2.45, 2.75) is 25.9 Å². The number of aromatic amines is 1. The van der Waals surface area contributed by atoms with Crippen molar-refractivity contribution >= 4 is 23.4 Å². The van der Waals surface area contributed by atoms with Gasteiger partial charge in [-0.1, -0.05) is 59.8 Å². The Labute approximate surface area is 151 Å². The number of carbonyl (C=O) groups excluding carboxylic acids is 1. The summed E-state index contributed by atoms with van der Waals surface area (Å²) in [5.74, 6) is 0.901. The summed E-state index contributed by atoms with van der Waals surface area (Å²) in [5, 5.41) is 10.6. The van der Waals surface area contributed by atoms with Gasteiger partial charge in [-0.25, -0.2) is 4.98 Å². The molecule has 25 heavy (non-hydrogen) atoms. The Kier molecular flexibility index (Phi) is 5.19. The summed E-state index contributed by atoms with van der Waals surface area (Å²) in [4.78, 5) is 16.7. The first kappa shape index (κ1) is 17.2. The first-order chi connectivity index (χ1) is 12.0. The number of carbonyl (C=O) groups is 1. The van der Waals surface area contributed by atoms with E-state index in [0.717, 1.165) is 22.4 Å². The lowest BCUT2D eigenvalue weighted by Crippen LogP contribution is -2.16. The molecular weight excluding hydrogens is 332 g/mol. The Morgan fingerprint density at radius 1 is 1.12 bits per heavy atom. The van der Waals surface area contributed by atoms with E-state index < -0.39 is 0 Å². The van der Waals surface area contributed by atoms with E-state index in [-0.39, 0.29) is 11.7 Å². The van der Waals surface area contributed by atoms with Gasteiger partial charge in [-0.05, 0) is 31.9 Å². The van der Waals surface area contributed by atoms with Gasteiger partial charge in [0, 0.05) is 11.3 Å². The number of H-pyrrole nitrogens is 1. The average Bonchev–Trinajstić information content (AvgIpc) is 3.06. The SMILES string of the molecule is Cc1cc(C)c(NC(=O)CSc2n[nH]c(-c3ccccc3)n2)c(C)c1. The van der Waals surface area contributed by atoms with Crippen molar-refractivity contribution in [2.24, 2.45) is 0 Å². The van der Waals surface area contributed by atoms with Crippen LogP contribution < -0.4 is 5.32 Å². The maximum Gasteiger partial charge on any atom is 0.234 e. The number of rotatable bonds is 5. The molecule has 1 aromatic heterocycles. The minimum Gasteiger partial charge on any atom is -0.325 e. The van der Waals surface area contributed by atoms with Crippen LogP contribution >= 0.6 is 11.8 Å². The smallest absolute Gasteiger partial charge is 0.234 e. The summed E-state index contributed by atoms with van der Waals surface area (Å²) >= 11 is 1.31. The van der Waals surface area contributed by atoms with E-state index in [1.54, 1.807) is 0 Å². The number of aryl methyl sites for hydroxylation is 3. The highest BCUT2D eigenvalue weighted by Crippen LogP contribution is 2.23. The Morgan fingerprint density at radius 3 is 2.48 bits per heavy atom. The van der Waals surface area contributed by atoms with Crippen molar-refractivity contribution in [3.05, 3.63) is 59.2 Å². The van der Waals surface area contributed by atoms with E-state index in [9.17, 15) is 4.79 Å². The highest BCUT2D eigenvalue weighted by atomic mass is 32.2. The normalized spacial score (nSPS) is 10.7. The fourth-order valence-corrected chi connectivity index (χ4v) is 3.32. The number of amides is 1. The van der Waals surface area contributed by atoms with E-state index >= 15 is 0 Å². The lowest BCUT2D eigenvalue weighted by Gasteiger charge is -2.12. The molecule has 0 fully saturated rings. The summed E-state index contributed by atoms with van der Waals surface area (Å²) in [6, 6.07) is 13.9. The molecule has 0 bridgehead atoms. The van der Waals surface area contributed by atoms with Gasteiger partial charge < -0.3 is 5.32 Å². The molecule has 0 atom stereocenters. The summed E-state index contributed by atoms with van der Waals surface area (Å²) < 4.78 is 0. The molecule has 0 aliphatic carbocycles. The molecule has 3 aromatic rings.